The van der Waals surface area contributed by atoms with Crippen molar-refractivity contribution in [1.29, 1.82) is 0 Å². The summed E-state index contributed by atoms with van der Waals surface area (Å²) in [7, 11) is 0. The van der Waals surface area contributed by atoms with Gasteiger partial charge in [-0.3, -0.25) is 0 Å². The first-order chi connectivity index (χ1) is 8.66. The van der Waals surface area contributed by atoms with Gasteiger partial charge in [-0.15, -0.1) is 0 Å². The maximum atomic E-state index is 9.78. The van der Waals surface area contributed by atoms with Crippen LogP contribution in [-0.4, -0.2) is 5.11 Å². The highest BCUT2D eigenvalue weighted by Crippen LogP contribution is 2.19. The summed E-state index contributed by atoms with van der Waals surface area (Å²) in [5.74, 6) is 0.355. The van der Waals surface area contributed by atoms with Crippen LogP contribution in [0.3, 0.4) is 0 Å². The van der Waals surface area contributed by atoms with Gasteiger partial charge in [-0.25, -0.2) is 0 Å². The fraction of sp³-hybridized carbons (Fsp3) is 0.250. The Bertz CT molecular complexity index is 508. The van der Waals surface area contributed by atoms with E-state index in [9.17, 15) is 5.11 Å². The number of aromatic hydroxyl groups is 1. The predicted octanol–water partition coefficient (Wildman–Crippen LogP) is 3.55. The Morgan fingerprint density at radius 3 is 2.56 bits per heavy atom. The molecule has 2 N–H and O–H groups in total. The first-order valence-electron chi connectivity index (χ1n) is 6.23. The second kappa shape index (κ2) is 5.69. The lowest BCUT2D eigenvalue weighted by molar-refractivity contribution is 0.460. The van der Waals surface area contributed by atoms with Crippen molar-refractivity contribution < 1.29 is 5.11 Å². The first kappa shape index (κ1) is 12.7. The predicted molar refractivity (Wildman–Crippen MR) is 74.5 cm³/mol. The van der Waals surface area contributed by atoms with E-state index in [1.807, 2.05) is 37.3 Å². The van der Waals surface area contributed by atoms with Gasteiger partial charge in [0.1, 0.15) is 5.75 Å². The number of phenols is 1. The van der Waals surface area contributed by atoms with Gasteiger partial charge in [0.15, 0.2) is 0 Å². The zero-order chi connectivity index (χ0) is 13.0. The highest BCUT2D eigenvalue weighted by Gasteiger charge is 2.06. The van der Waals surface area contributed by atoms with Gasteiger partial charge < -0.3 is 10.4 Å². The molecule has 0 heterocycles. The molecule has 0 amide bonds. The quantitative estimate of drug-likeness (QED) is 0.858. The molecule has 2 nitrogen and oxygen atoms in total. The number of hydrogen-bond donors (Lipinski definition) is 2. The third-order valence-corrected chi connectivity index (χ3v) is 3.13. The highest BCUT2D eigenvalue weighted by molar-refractivity contribution is 5.35. The molecule has 0 aromatic heterocycles. The Labute approximate surface area is 108 Å². The van der Waals surface area contributed by atoms with E-state index in [0.717, 1.165) is 11.1 Å². The number of phenolic OH excluding ortho intramolecular Hbond substituents is 1. The van der Waals surface area contributed by atoms with Crippen LogP contribution in [0.15, 0.2) is 48.5 Å². The molecule has 2 heteroatoms. The van der Waals surface area contributed by atoms with Crippen LogP contribution >= 0.6 is 0 Å². The van der Waals surface area contributed by atoms with Crippen molar-refractivity contribution in [3.63, 3.8) is 0 Å². The second-order valence-corrected chi connectivity index (χ2v) is 4.65. The number of rotatable bonds is 4. The summed E-state index contributed by atoms with van der Waals surface area (Å²) in [6, 6.07) is 16.3. The molecule has 0 spiro atoms. The summed E-state index contributed by atoms with van der Waals surface area (Å²) in [6.07, 6.45) is 0. The third kappa shape index (κ3) is 3.11. The van der Waals surface area contributed by atoms with Crippen LogP contribution in [0.1, 0.15) is 29.7 Å². The van der Waals surface area contributed by atoms with Crippen LogP contribution in [0.5, 0.6) is 5.75 Å². The Morgan fingerprint density at radius 1 is 1.11 bits per heavy atom. The van der Waals surface area contributed by atoms with E-state index in [4.69, 9.17) is 0 Å². The Morgan fingerprint density at radius 2 is 1.83 bits per heavy atom. The standard InChI is InChI=1S/C16H19NO/c1-12-8-9-16(18)15(10-12)11-17-13(2)14-6-4-3-5-7-14/h3-10,13,17-18H,11H2,1-2H3/t13-/m1/s1. The Balaban J connectivity index is 2.01. The van der Waals surface area contributed by atoms with E-state index >= 15 is 0 Å². The van der Waals surface area contributed by atoms with Crippen molar-refractivity contribution in [2.45, 2.75) is 26.4 Å². The number of aryl methyl sites for hydroxylation is 1. The third-order valence-electron chi connectivity index (χ3n) is 3.13. The van der Waals surface area contributed by atoms with Gasteiger partial charge >= 0.3 is 0 Å². The molecule has 0 radical (unpaired) electrons. The maximum Gasteiger partial charge on any atom is 0.120 e. The fourth-order valence-electron chi connectivity index (χ4n) is 1.98. The van der Waals surface area contributed by atoms with Gasteiger partial charge in [0, 0.05) is 18.2 Å². The second-order valence-electron chi connectivity index (χ2n) is 4.65. The Hall–Kier alpha value is -1.80. The van der Waals surface area contributed by atoms with E-state index in [1.54, 1.807) is 6.07 Å². The lowest BCUT2D eigenvalue weighted by Gasteiger charge is -2.15. The SMILES string of the molecule is Cc1ccc(O)c(CN[C@H](C)c2ccccc2)c1. The summed E-state index contributed by atoms with van der Waals surface area (Å²) < 4.78 is 0. The molecule has 18 heavy (non-hydrogen) atoms. The minimum Gasteiger partial charge on any atom is -0.508 e. The molecule has 0 aliphatic heterocycles. The zero-order valence-corrected chi connectivity index (χ0v) is 10.9. The summed E-state index contributed by atoms with van der Waals surface area (Å²) >= 11 is 0. The van der Waals surface area contributed by atoms with E-state index in [0.29, 0.717) is 12.3 Å². The lowest BCUT2D eigenvalue weighted by Crippen LogP contribution is -2.18. The first-order valence-corrected chi connectivity index (χ1v) is 6.23. The minimum atomic E-state index is 0.270. The van der Waals surface area contributed by atoms with Crippen LogP contribution < -0.4 is 5.32 Å². The zero-order valence-electron chi connectivity index (χ0n) is 10.9. The molecule has 0 saturated carbocycles. The maximum absolute atomic E-state index is 9.78. The van der Waals surface area contributed by atoms with Crippen LogP contribution in [0.4, 0.5) is 0 Å². The van der Waals surface area contributed by atoms with Crippen molar-refractivity contribution in [2.24, 2.45) is 0 Å². The van der Waals surface area contributed by atoms with Crippen molar-refractivity contribution in [1.82, 2.24) is 5.32 Å². The van der Waals surface area contributed by atoms with E-state index in [2.05, 4.69) is 24.4 Å². The summed E-state index contributed by atoms with van der Waals surface area (Å²) in [5, 5.41) is 13.2. The molecule has 0 aliphatic rings. The Kier molecular flexibility index (Phi) is 4.00. The topological polar surface area (TPSA) is 32.3 Å². The normalized spacial score (nSPS) is 12.3. The van der Waals surface area contributed by atoms with Gasteiger partial charge in [0.2, 0.25) is 0 Å². The van der Waals surface area contributed by atoms with Gasteiger partial charge in [-0.2, -0.15) is 0 Å². The average molecular weight is 241 g/mol. The molecule has 0 fully saturated rings. The smallest absolute Gasteiger partial charge is 0.120 e. The monoisotopic (exact) mass is 241 g/mol. The molecular formula is C16H19NO. The molecule has 2 rings (SSSR count). The number of nitrogens with one attached hydrogen (secondary N) is 1. The van der Waals surface area contributed by atoms with Crippen molar-refractivity contribution in [2.75, 3.05) is 0 Å². The van der Waals surface area contributed by atoms with Crippen LogP contribution in [0.25, 0.3) is 0 Å². The molecule has 0 saturated heterocycles. The van der Waals surface area contributed by atoms with Crippen molar-refractivity contribution in [3.05, 3.63) is 65.2 Å². The van der Waals surface area contributed by atoms with Crippen molar-refractivity contribution in [3.8, 4) is 5.75 Å². The minimum absolute atomic E-state index is 0.270. The van der Waals surface area contributed by atoms with Gasteiger partial charge in [0.25, 0.3) is 0 Å². The molecule has 0 bridgehead atoms. The van der Waals surface area contributed by atoms with E-state index in [-0.39, 0.29) is 6.04 Å². The number of hydrogen-bond acceptors (Lipinski definition) is 2. The van der Waals surface area contributed by atoms with E-state index < -0.39 is 0 Å². The molecule has 0 aliphatic carbocycles. The van der Waals surface area contributed by atoms with Gasteiger partial charge in [0.05, 0.1) is 0 Å². The summed E-state index contributed by atoms with van der Waals surface area (Å²) in [5.41, 5.74) is 3.36. The summed E-state index contributed by atoms with van der Waals surface area (Å²) in [6.45, 7) is 4.83. The van der Waals surface area contributed by atoms with Crippen molar-refractivity contribution >= 4 is 0 Å². The number of benzene rings is 2. The average Bonchev–Trinajstić information content (AvgIpc) is 2.40. The van der Waals surface area contributed by atoms with Gasteiger partial charge in [-0.1, -0.05) is 48.0 Å². The highest BCUT2D eigenvalue weighted by atomic mass is 16.3. The van der Waals surface area contributed by atoms with Crippen LogP contribution in [0.2, 0.25) is 0 Å². The van der Waals surface area contributed by atoms with E-state index in [1.165, 1.54) is 5.56 Å². The van der Waals surface area contributed by atoms with Crippen LogP contribution in [-0.2, 0) is 6.54 Å². The molecule has 94 valence electrons. The fourth-order valence-corrected chi connectivity index (χ4v) is 1.98. The summed E-state index contributed by atoms with van der Waals surface area (Å²) in [4.78, 5) is 0. The van der Waals surface area contributed by atoms with Crippen LogP contribution in [0, 0.1) is 6.92 Å². The molecule has 0 unspecified atom stereocenters. The molecule has 2 aromatic rings. The molecular weight excluding hydrogens is 222 g/mol. The molecule has 1 atom stereocenters. The largest absolute Gasteiger partial charge is 0.508 e. The van der Waals surface area contributed by atoms with Gasteiger partial charge in [-0.05, 0) is 25.5 Å². The molecule has 2 aromatic carbocycles. The lowest BCUT2D eigenvalue weighted by atomic mass is 10.1.